The minimum Gasteiger partial charge on any atom is -0.332 e. The third-order valence-corrected chi connectivity index (χ3v) is 7.80. The first-order valence-corrected chi connectivity index (χ1v) is 12.5. The Balaban J connectivity index is 1.50. The van der Waals surface area contributed by atoms with Gasteiger partial charge in [-0.3, -0.25) is 9.10 Å². The van der Waals surface area contributed by atoms with Crippen LogP contribution in [0.15, 0.2) is 114 Å². The maximum atomic E-state index is 13.6. The zero-order chi connectivity index (χ0) is 23.5. The standard InChI is InChI=1S/C28H24N2O3S/c31-28(29(19-22-11-3-1-4-12-22)20-23-13-5-2-6-14-23)21-30-26-17-9-7-15-24(26)25-16-8-10-18-27(25)34(30,32)33/h1-18H,19-21H2. The van der Waals surface area contributed by atoms with Gasteiger partial charge in [0.25, 0.3) is 10.0 Å². The molecule has 1 amide bonds. The first-order valence-electron chi connectivity index (χ1n) is 11.1. The van der Waals surface area contributed by atoms with Gasteiger partial charge in [-0.2, -0.15) is 0 Å². The number of anilines is 1. The van der Waals surface area contributed by atoms with Crippen molar-refractivity contribution in [1.82, 2.24) is 4.90 Å². The average Bonchev–Trinajstić information content (AvgIpc) is 2.87. The van der Waals surface area contributed by atoms with Gasteiger partial charge in [-0.15, -0.1) is 0 Å². The monoisotopic (exact) mass is 468 g/mol. The van der Waals surface area contributed by atoms with E-state index in [2.05, 4.69) is 0 Å². The van der Waals surface area contributed by atoms with Gasteiger partial charge >= 0.3 is 0 Å². The van der Waals surface area contributed by atoms with Crippen molar-refractivity contribution in [2.24, 2.45) is 0 Å². The zero-order valence-corrected chi connectivity index (χ0v) is 19.4. The summed E-state index contributed by atoms with van der Waals surface area (Å²) in [6.07, 6.45) is 0. The number of hydrogen-bond donors (Lipinski definition) is 0. The number of benzene rings is 4. The molecule has 0 N–H and O–H groups in total. The van der Waals surface area contributed by atoms with E-state index in [1.54, 1.807) is 29.2 Å². The van der Waals surface area contributed by atoms with Crippen LogP contribution in [0.2, 0.25) is 0 Å². The molecule has 5 rings (SSSR count). The predicted octanol–water partition coefficient (Wildman–Crippen LogP) is 5.09. The van der Waals surface area contributed by atoms with Crippen LogP contribution in [0.25, 0.3) is 11.1 Å². The molecule has 0 saturated carbocycles. The highest BCUT2D eigenvalue weighted by atomic mass is 32.2. The second kappa shape index (κ2) is 9.15. The van der Waals surface area contributed by atoms with Crippen LogP contribution < -0.4 is 4.31 Å². The SMILES string of the molecule is O=C(CN1c2ccccc2-c2ccccc2S1(=O)=O)N(Cc1ccccc1)Cc1ccccc1. The van der Waals surface area contributed by atoms with Crippen molar-refractivity contribution in [2.75, 3.05) is 10.8 Å². The third kappa shape index (κ3) is 4.20. The summed E-state index contributed by atoms with van der Waals surface area (Å²) >= 11 is 0. The van der Waals surface area contributed by atoms with Gasteiger partial charge in [0.1, 0.15) is 6.54 Å². The molecule has 0 atom stereocenters. The first kappa shape index (κ1) is 21.9. The average molecular weight is 469 g/mol. The van der Waals surface area contributed by atoms with E-state index in [1.165, 1.54) is 4.31 Å². The molecule has 0 spiro atoms. The smallest absolute Gasteiger partial charge is 0.265 e. The molecule has 1 heterocycles. The van der Waals surface area contributed by atoms with E-state index in [0.29, 0.717) is 24.3 Å². The highest BCUT2D eigenvalue weighted by Crippen LogP contribution is 2.42. The molecule has 4 aromatic carbocycles. The molecule has 170 valence electrons. The number of para-hydroxylation sites is 1. The second-order valence-electron chi connectivity index (χ2n) is 8.25. The van der Waals surface area contributed by atoms with Gasteiger partial charge in [-0.05, 0) is 23.3 Å². The molecule has 34 heavy (non-hydrogen) atoms. The number of carbonyl (C=O) groups excluding carboxylic acids is 1. The molecule has 0 bridgehead atoms. The quantitative estimate of drug-likeness (QED) is 0.396. The number of carbonyl (C=O) groups is 1. The highest BCUT2D eigenvalue weighted by Gasteiger charge is 2.36. The van der Waals surface area contributed by atoms with Gasteiger partial charge in [0.05, 0.1) is 10.6 Å². The molecule has 0 aromatic heterocycles. The summed E-state index contributed by atoms with van der Waals surface area (Å²) in [5, 5.41) is 0. The lowest BCUT2D eigenvalue weighted by atomic mass is 10.0. The molecule has 4 aromatic rings. The fraction of sp³-hybridized carbons (Fsp3) is 0.107. The minimum atomic E-state index is -3.88. The predicted molar refractivity (Wildman–Crippen MR) is 134 cm³/mol. The van der Waals surface area contributed by atoms with E-state index < -0.39 is 10.0 Å². The molecule has 6 heteroatoms. The molecular formula is C28H24N2O3S. The minimum absolute atomic E-state index is 0.221. The summed E-state index contributed by atoms with van der Waals surface area (Å²) in [6.45, 7) is 0.509. The number of rotatable bonds is 6. The third-order valence-electron chi connectivity index (χ3n) is 5.98. The van der Waals surface area contributed by atoms with Crippen LogP contribution in [0, 0.1) is 0 Å². The van der Waals surface area contributed by atoms with Crippen LogP contribution in [0.1, 0.15) is 11.1 Å². The fourth-order valence-corrected chi connectivity index (χ4v) is 5.96. The van der Waals surface area contributed by atoms with Crippen molar-refractivity contribution in [3.8, 4) is 11.1 Å². The van der Waals surface area contributed by atoms with E-state index in [0.717, 1.165) is 16.7 Å². The van der Waals surface area contributed by atoms with E-state index >= 15 is 0 Å². The molecule has 0 fully saturated rings. The van der Waals surface area contributed by atoms with Gasteiger partial charge in [0.15, 0.2) is 0 Å². The maximum Gasteiger partial charge on any atom is 0.265 e. The van der Waals surface area contributed by atoms with E-state index in [1.807, 2.05) is 84.9 Å². The highest BCUT2D eigenvalue weighted by molar-refractivity contribution is 7.93. The summed E-state index contributed by atoms with van der Waals surface area (Å²) in [5.41, 5.74) is 3.96. The lowest BCUT2D eigenvalue weighted by molar-refractivity contribution is -0.130. The summed E-state index contributed by atoms with van der Waals surface area (Å²) < 4.78 is 28.4. The van der Waals surface area contributed by atoms with Crippen molar-refractivity contribution in [1.29, 1.82) is 0 Å². The lowest BCUT2D eigenvalue weighted by Crippen LogP contribution is -2.44. The Morgan fingerprint density at radius 1 is 0.647 bits per heavy atom. The molecule has 0 saturated heterocycles. The second-order valence-corrected chi connectivity index (χ2v) is 10.1. The summed E-state index contributed by atoms with van der Waals surface area (Å²) in [5.74, 6) is -0.259. The Kier molecular flexibility index (Phi) is 5.90. The van der Waals surface area contributed by atoms with Crippen LogP contribution in [-0.2, 0) is 27.9 Å². The molecular weight excluding hydrogens is 444 g/mol. The summed E-state index contributed by atoms with van der Waals surface area (Å²) in [4.78, 5) is 15.6. The largest absolute Gasteiger partial charge is 0.332 e. The topological polar surface area (TPSA) is 57.7 Å². The van der Waals surface area contributed by atoms with Gasteiger partial charge < -0.3 is 4.90 Å². The Morgan fingerprint density at radius 3 is 1.76 bits per heavy atom. The van der Waals surface area contributed by atoms with Crippen molar-refractivity contribution >= 4 is 21.6 Å². The van der Waals surface area contributed by atoms with Crippen LogP contribution in [0.5, 0.6) is 0 Å². The van der Waals surface area contributed by atoms with Crippen molar-refractivity contribution in [3.63, 3.8) is 0 Å². The molecule has 0 unspecified atom stereocenters. The van der Waals surface area contributed by atoms with E-state index in [4.69, 9.17) is 0 Å². The number of sulfonamides is 1. The molecule has 0 aliphatic carbocycles. The fourth-order valence-electron chi connectivity index (χ4n) is 4.31. The maximum absolute atomic E-state index is 13.6. The van der Waals surface area contributed by atoms with Gasteiger partial charge in [-0.25, -0.2) is 8.42 Å². The van der Waals surface area contributed by atoms with Crippen LogP contribution in [0.4, 0.5) is 5.69 Å². The molecule has 1 aliphatic heterocycles. The number of nitrogens with zero attached hydrogens (tertiary/aromatic N) is 2. The number of hydrogen-bond acceptors (Lipinski definition) is 3. The van der Waals surface area contributed by atoms with Crippen molar-refractivity contribution < 1.29 is 13.2 Å². The van der Waals surface area contributed by atoms with Crippen LogP contribution in [-0.4, -0.2) is 25.8 Å². The number of fused-ring (bicyclic) bond motifs is 3. The van der Waals surface area contributed by atoms with Crippen molar-refractivity contribution in [3.05, 3.63) is 120 Å². The normalized spacial score (nSPS) is 13.6. The van der Waals surface area contributed by atoms with E-state index in [-0.39, 0.29) is 17.3 Å². The van der Waals surface area contributed by atoms with Crippen LogP contribution >= 0.6 is 0 Å². The Bertz CT molecular complexity index is 1380. The number of amides is 1. The Hall–Kier alpha value is -3.90. The van der Waals surface area contributed by atoms with E-state index in [9.17, 15) is 13.2 Å². The van der Waals surface area contributed by atoms with Crippen LogP contribution in [0.3, 0.4) is 0 Å². The van der Waals surface area contributed by atoms with Crippen molar-refractivity contribution in [2.45, 2.75) is 18.0 Å². The van der Waals surface area contributed by atoms with Gasteiger partial charge in [0, 0.05) is 24.2 Å². The molecule has 1 aliphatic rings. The lowest BCUT2D eigenvalue weighted by Gasteiger charge is -2.33. The molecule has 5 nitrogen and oxygen atoms in total. The van der Waals surface area contributed by atoms with Gasteiger partial charge in [-0.1, -0.05) is 97.1 Å². The molecule has 0 radical (unpaired) electrons. The Morgan fingerprint density at radius 2 is 1.15 bits per heavy atom. The Labute approximate surface area is 199 Å². The summed E-state index contributed by atoms with van der Waals surface area (Å²) in [6, 6.07) is 33.7. The van der Waals surface area contributed by atoms with Gasteiger partial charge in [0.2, 0.25) is 5.91 Å². The summed E-state index contributed by atoms with van der Waals surface area (Å²) in [7, 11) is -3.88. The first-order chi connectivity index (χ1) is 16.5. The zero-order valence-electron chi connectivity index (χ0n) is 18.5.